The molecule has 7 heteroatoms. The van der Waals surface area contributed by atoms with Crippen molar-refractivity contribution in [3.8, 4) is 0 Å². The summed E-state index contributed by atoms with van der Waals surface area (Å²) in [5, 5.41) is 7.00. The van der Waals surface area contributed by atoms with Crippen LogP contribution in [0.1, 0.15) is 43.6 Å². The maximum atomic E-state index is 11.0. The molecular weight excluding hydrogens is 340 g/mol. The molecule has 0 unspecified atom stereocenters. The van der Waals surface area contributed by atoms with Gasteiger partial charge in [-0.05, 0) is 25.5 Å². The van der Waals surface area contributed by atoms with Gasteiger partial charge in [-0.25, -0.2) is 4.79 Å². The zero-order chi connectivity index (χ0) is 22.0. The standard InChI is InChI=1S/C9H10O2.C3H6O2.C2H6O.C2H4O.C2H6.CH4O/c1-7-5-3-4-6-8(7)9(10)11-2;1-3(4)5-2;1-3-2;1-2-3;2*1-2/h3-6H,1-2H3;1-2H3;1-2H3;2H,1H3;1-2H3;2H,1H3. The maximum absolute atomic E-state index is 11.0. The van der Waals surface area contributed by atoms with Gasteiger partial charge in [-0.1, -0.05) is 32.0 Å². The number of esters is 2. The molecule has 0 aliphatic carbocycles. The Morgan fingerprint density at radius 3 is 1.50 bits per heavy atom. The Morgan fingerprint density at radius 1 is 0.962 bits per heavy atom. The molecular formula is C19H36O7. The molecule has 0 bridgehead atoms. The van der Waals surface area contributed by atoms with Gasteiger partial charge in [0.05, 0.1) is 19.8 Å². The van der Waals surface area contributed by atoms with Gasteiger partial charge in [0.1, 0.15) is 6.29 Å². The fraction of sp³-hybridized carbons (Fsp3) is 0.526. The molecule has 0 aliphatic rings. The molecule has 1 aromatic carbocycles. The van der Waals surface area contributed by atoms with Gasteiger partial charge in [0.15, 0.2) is 0 Å². The number of aryl methyl sites for hydroxylation is 1. The highest BCUT2D eigenvalue weighted by Crippen LogP contribution is 2.07. The van der Waals surface area contributed by atoms with Crippen LogP contribution in [0.5, 0.6) is 0 Å². The van der Waals surface area contributed by atoms with Crippen LogP contribution in [0.15, 0.2) is 24.3 Å². The molecule has 1 aromatic rings. The van der Waals surface area contributed by atoms with Crippen molar-refractivity contribution in [3.05, 3.63) is 35.4 Å². The first-order valence-corrected chi connectivity index (χ1v) is 7.79. The summed E-state index contributed by atoms with van der Waals surface area (Å²) in [5.74, 6) is -0.520. The molecule has 0 aromatic heterocycles. The Balaban J connectivity index is -0.0000000827. The first kappa shape index (κ1) is 35.0. The van der Waals surface area contributed by atoms with Crippen LogP contribution in [0.4, 0.5) is 0 Å². The number of hydrogen-bond acceptors (Lipinski definition) is 7. The lowest BCUT2D eigenvalue weighted by Gasteiger charge is -2.00. The largest absolute Gasteiger partial charge is 0.469 e. The quantitative estimate of drug-likeness (QED) is 0.594. The molecule has 0 spiro atoms. The number of methoxy groups -OCH3 is 3. The maximum Gasteiger partial charge on any atom is 0.338 e. The van der Waals surface area contributed by atoms with Crippen LogP contribution in [0, 0.1) is 6.92 Å². The Labute approximate surface area is 158 Å². The zero-order valence-corrected chi connectivity index (χ0v) is 17.8. The van der Waals surface area contributed by atoms with Crippen LogP contribution in [0.25, 0.3) is 0 Å². The highest BCUT2D eigenvalue weighted by atomic mass is 16.5. The molecule has 1 rings (SSSR count). The van der Waals surface area contributed by atoms with Crippen molar-refractivity contribution in [1.29, 1.82) is 0 Å². The molecule has 1 N–H and O–H groups in total. The third-order valence-electron chi connectivity index (χ3n) is 1.84. The predicted octanol–water partition coefficient (Wildman–Crippen LogP) is 3.06. The summed E-state index contributed by atoms with van der Waals surface area (Å²) < 4.78 is 12.9. The summed E-state index contributed by atoms with van der Waals surface area (Å²) >= 11 is 0. The van der Waals surface area contributed by atoms with Crippen molar-refractivity contribution in [2.45, 2.75) is 34.6 Å². The summed E-state index contributed by atoms with van der Waals surface area (Å²) in [6.07, 6.45) is 0.750. The molecule has 154 valence electrons. The van der Waals surface area contributed by atoms with E-state index >= 15 is 0 Å². The first-order chi connectivity index (χ1) is 12.4. The summed E-state index contributed by atoms with van der Waals surface area (Å²) in [5.41, 5.74) is 1.58. The zero-order valence-electron chi connectivity index (χ0n) is 17.8. The number of aldehydes is 1. The van der Waals surface area contributed by atoms with Gasteiger partial charge >= 0.3 is 11.9 Å². The van der Waals surface area contributed by atoms with Gasteiger partial charge in [0.25, 0.3) is 0 Å². The van der Waals surface area contributed by atoms with E-state index in [1.807, 2.05) is 39.0 Å². The molecule has 0 aliphatic heterocycles. The Kier molecular flexibility index (Phi) is 45.9. The molecule has 0 heterocycles. The van der Waals surface area contributed by atoms with Gasteiger partial charge in [-0.15, -0.1) is 0 Å². The highest BCUT2D eigenvalue weighted by molar-refractivity contribution is 5.90. The second kappa shape index (κ2) is 34.2. The van der Waals surface area contributed by atoms with E-state index in [4.69, 9.17) is 9.90 Å². The second-order valence-corrected chi connectivity index (χ2v) is 3.65. The number of carbonyl (C=O) groups is 3. The number of rotatable bonds is 1. The third-order valence-corrected chi connectivity index (χ3v) is 1.84. The van der Waals surface area contributed by atoms with Crippen molar-refractivity contribution < 1.29 is 33.7 Å². The normalized spacial score (nSPS) is 6.88. The van der Waals surface area contributed by atoms with E-state index in [-0.39, 0.29) is 11.9 Å². The molecule has 0 amide bonds. The summed E-state index contributed by atoms with van der Waals surface area (Å²) in [6.45, 7) is 8.69. The third kappa shape index (κ3) is 33.4. The molecule has 0 radical (unpaired) electrons. The lowest BCUT2D eigenvalue weighted by molar-refractivity contribution is -0.137. The number of aliphatic hydroxyl groups is 1. The van der Waals surface area contributed by atoms with Crippen molar-refractivity contribution in [3.63, 3.8) is 0 Å². The van der Waals surface area contributed by atoms with E-state index in [1.54, 1.807) is 20.3 Å². The molecule has 0 fully saturated rings. The number of carbonyl (C=O) groups excluding carboxylic acids is 3. The fourth-order valence-electron chi connectivity index (χ4n) is 0.912. The number of hydrogen-bond donors (Lipinski definition) is 1. The van der Waals surface area contributed by atoms with Crippen molar-refractivity contribution in [2.24, 2.45) is 0 Å². The molecule has 0 saturated carbocycles. The minimum Gasteiger partial charge on any atom is -0.469 e. The molecule has 0 saturated heterocycles. The van der Waals surface area contributed by atoms with E-state index < -0.39 is 0 Å². The Hall–Kier alpha value is -2.25. The van der Waals surface area contributed by atoms with Crippen molar-refractivity contribution >= 4 is 18.2 Å². The van der Waals surface area contributed by atoms with E-state index in [0.29, 0.717) is 5.56 Å². The average molecular weight is 376 g/mol. The van der Waals surface area contributed by atoms with E-state index in [2.05, 4.69) is 14.2 Å². The van der Waals surface area contributed by atoms with E-state index in [9.17, 15) is 9.59 Å². The van der Waals surface area contributed by atoms with Gasteiger partial charge in [-0.3, -0.25) is 4.79 Å². The summed E-state index contributed by atoms with van der Waals surface area (Å²) in [6, 6.07) is 7.34. The average Bonchev–Trinajstić information content (AvgIpc) is 2.66. The van der Waals surface area contributed by atoms with Crippen molar-refractivity contribution in [1.82, 2.24) is 0 Å². The van der Waals surface area contributed by atoms with Gasteiger partial charge in [0, 0.05) is 28.3 Å². The number of ether oxygens (including phenoxy) is 3. The molecule has 26 heavy (non-hydrogen) atoms. The number of benzene rings is 1. The van der Waals surface area contributed by atoms with Crippen molar-refractivity contribution in [2.75, 3.05) is 35.5 Å². The fourth-order valence-corrected chi connectivity index (χ4v) is 0.912. The summed E-state index contributed by atoms with van der Waals surface area (Å²) in [4.78, 5) is 29.4. The monoisotopic (exact) mass is 376 g/mol. The van der Waals surface area contributed by atoms with Crippen LogP contribution in [0.2, 0.25) is 0 Å². The SMILES string of the molecule is CC.CC=O.CO.COC.COC(=O)c1ccccc1C.COC(C)=O. The van der Waals surface area contributed by atoms with Gasteiger partial charge in [-0.2, -0.15) is 0 Å². The van der Waals surface area contributed by atoms with Crippen LogP contribution in [-0.4, -0.2) is 58.9 Å². The van der Waals surface area contributed by atoms with Gasteiger partial charge in [0.2, 0.25) is 0 Å². The predicted molar refractivity (Wildman–Crippen MR) is 104 cm³/mol. The highest BCUT2D eigenvalue weighted by Gasteiger charge is 2.05. The second-order valence-electron chi connectivity index (χ2n) is 3.65. The van der Waals surface area contributed by atoms with Crippen LogP contribution >= 0.6 is 0 Å². The first-order valence-electron chi connectivity index (χ1n) is 7.79. The molecule has 7 nitrogen and oxygen atoms in total. The van der Waals surface area contributed by atoms with E-state index in [0.717, 1.165) is 19.0 Å². The lowest BCUT2D eigenvalue weighted by atomic mass is 10.1. The summed E-state index contributed by atoms with van der Waals surface area (Å²) in [7, 11) is 6.98. The smallest absolute Gasteiger partial charge is 0.338 e. The minimum atomic E-state index is -0.275. The lowest BCUT2D eigenvalue weighted by Crippen LogP contribution is -2.02. The van der Waals surface area contributed by atoms with Crippen LogP contribution in [-0.2, 0) is 23.8 Å². The Bertz CT molecular complexity index is 418. The minimum absolute atomic E-state index is 0.245. The van der Waals surface area contributed by atoms with Gasteiger partial charge < -0.3 is 24.1 Å². The topological polar surface area (TPSA) is 99.1 Å². The Morgan fingerprint density at radius 2 is 1.27 bits per heavy atom. The van der Waals surface area contributed by atoms with E-state index in [1.165, 1.54) is 28.1 Å². The molecule has 0 atom stereocenters. The van der Waals surface area contributed by atoms with Crippen LogP contribution < -0.4 is 0 Å². The van der Waals surface area contributed by atoms with Crippen LogP contribution in [0.3, 0.4) is 0 Å². The number of aliphatic hydroxyl groups excluding tert-OH is 1.